The topological polar surface area (TPSA) is 40.5 Å². The van der Waals surface area contributed by atoms with Gasteiger partial charge in [0.15, 0.2) is 0 Å². The van der Waals surface area contributed by atoms with E-state index in [0.717, 1.165) is 0 Å². The van der Waals surface area contributed by atoms with Crippen molar-refractivity contribution in [3.63, 3.8) is 0 Å². The monoisotopic (exact) mass is 266 g/mol. The summed E-state index contributed by atoms with van der Waals surface area (Å²) in [6, 6.07) is 0. The van der Waals surface area contributed by atoms with Crippen LogP contribution < -0.4 is 0 Å². The number of aliphatic hydroxyl groups is 2. The molecule has 1 atom stereocenters. The molecule has 1 fully saturated rings. The van der Waals surface area contributed by atoms with Gasteiger partial charge in [-0.05, 0) is 18.8 Å². The third kappa shape index (κ3) is 2.37. The molecule has 17 heavy (non-hydrogen) atoms. The van der Waals surface area contributed by atoms with Crippen LogP contribution in [0, 0.1) is 5.92 Å². The quantitative estimate of drug-likeness (QED) is 0.753. The van der Waals surface area contributed by atoms with Crippen molar-refractivity contribution in [2.75, 3.05) is 0 Å². The summed E-state index contributed by atoms with van der Waals surface area (Å²) in [4.78, 5) is 0. The van der Waals surface area contributed by atoms with Gasteiger partial charge < -0.3 is 10.2 Å². The Labute approximate surface area is 93.2 Å². The Bertz CT molecular complexity index is 252. The molecule has 1 aliphatic carbocycles. The van der Waals surface area contributed by atoms with E-state index in [1.165, 1.54) is 0 Å². The van der Waals surface area contributed by atoms with Gasteiger partial charge in [-0.25, -0.2) is 0 Å². The second-order valence-electron chi connectivity index (χ2n) is 4.25. The van der Waals surface area contributed by atoms with Gasteiger partial charge in [-0.3, -0.25) is 0 Å². The van der Waals surface area contributed by atoms with E-state index in [-0.39, 0.29) is 12.8 Å². The molecule has 0 amide bonds. The van der Waals surface area contributed by atoms with Crippen molar-refractivity contribution in [1.29, 1.82) is 0 Å². The van der Waals surface area contributed by atoms with Gasteiger partial charge in [0, 0.05) is 0 Å². The summed E-state index contributed by atoms with van der Waals surface area (Å²) < 4.78 is 74.2. The maximum atomic E-state index is 12.4. The van der Waals surface area contributed by atoms with Crippen molar-refractivity contribution in [3.05, 3.63) is 0 Å². The van der Waals surface area contributed by atoms with Crippen molar-refractivity contribution in [1.82, 2.24) is 0 Å². The Morgan fingerprint density at radius 2 is 1.24 bits per heavy atom. The van der Waals surface area contributed by atoms with E-state index in [1.54, 1.807) is 0 Å². The van der Waals surface area contributed by atoms with E-state index >= 15 is 0 Å². The van der Waals surface area contributed by atoms with E-state index in [9.17, 15) is 31.4 Å². The molecule has 2 N–H and O–H groups in total. The van der Waals surface area contributed by atoms with E-state index < -0.39 is 30.0 Å². The summed E-state index contributed by atoms with van der Waals surface area (Å²) >= 11 is 0. The highest BCUT2D eigenvalue weighted by Crippen LogP contribution is 2.48. The fourth-order valence-electron chi connectivity index (χ4n) is 2.11. The van der Waals surface area contributed by atoms with Crippen LogP contribution in [0.5, 0.6) is 0 Å². The van der Waals surface area contributed by atoms with E-state index in [2.05, 4.69) is 0 Å². The number of rotatable bonds is 2. The van der Waals surface area contributed by atoms with Gasteiger partial charge in [-0.1, -0.05) is 12.8 Å². The Kier molecular flexibility index (Phi) is 3.69. The SMILES string of the molecule is OC(C1CCCC1)C(O)(C(F)(F)F)C(F)(F)F. The smallest absolute Gasteiger partial charge is 0.389 e. The molecular weight excluding hydrogens is 254 g/mol. The molecule has 0 aromatic rings. The normalized spacial score (nSPS) is 21.9. The molecule has 1 aliphatic rings. The van der Waals surface area contributed by atoms with Crippen molar-refractivity contribution in [3.8, 4) is 0 Å². The Morgan fingerprint density at radius 1 is 0.882 bits per heavy atom. The van der Waals surface area contributed by atoms with Crippen molar-refractivity contribution >= 4 is 0 Å². The maximum Gasteiger partial charge on any atom is 0.428 e. The molecule has 1 saturated carbocycles. The van der Waals surface area contributed by atoms with Crippen LogP contribution in [0.15, 0.2) is 0 Å². The highest BCUT2D eigenvalue weighted by Gasteiger charge is 2.74. The standard InChI is InChI=1S/C9H12F6O2/c10-8(11,12)7(17,9(13,14)15)6(16)5-3-1-2-4-5/h5-6,16-17H,1-4H2. The van der Waals surface area contributed by atoms with Crippen LogP contribution in [0.3, 0.4) is 0 Å². The van der Waals surface area contributed by atoms with Gasteiger partial charge in [-0.15, -0.1) is 0 Å². The highest BCUT2D eigenvalue weighted by molar-refractivity contribution is 5.02. The first-order valence-corrected chi connectivity index (χ1v) is 5.05. The molecular formula is C9H12F6O2. The van der Waals surface area contributed by atoms with Gasteiger partial charge >= 0.3 is 12.4 Å². The zero-order chi connectivity index (χ0) is 13.5. The Morgan fingerprint density at radius 3 is 1.53 bits per heavy atom. The third-order valence-electron chi connectivity index (χ3n) is 3.14. The molecule has 1 rings (SSSR count). The first-order chi connectivity index (χ1) is 7.52. The molecule has 0 heterocycles. The van der Waals surface area contributed by atoms with Crippen LogP contribution in [0.1, 0.15) is 25.7 Å². The molecule has 0 aromatic heterocycles. The molecule has 0 radical (unpaired) electrons. The van der Waals surface area contributed by atoms with E-state index in [1.807, 2.05) is 0 Å². The summed E-state index contributed by atoms with van der Waals surface area (Å²) in [7, 11) is 0. The van der Waals surface area contributed by atoms with Crippen LogP contribution in [-0.4, -0.2) is 34.3 Å². The number of alkyl halides is 6. The average molecular weight is 266 g/mol. The molecule has 0 aromatic carbocycles. The lowest BCUT2D eigenvalue weighted by Crippen LogP contribution is -2.65. The Hall–Kier alpha value is -0.500. The van der Waals surface area contributed by atoms with Gasteiger partial charge in [0.25, 0.3) is 5.60 Å². The summed E-state index contributed by atoms with van der Waals surface area (Å²) in [5.41, 5.74) is -5.05. The predicted molar refractivity (Wildman–Crippen MR) is 45.0 cm³/mol. The van der Waals surface area contributed by atoms with Crippen molar-refractivity contribution < 1.29 is 36.6 Å². The Balaban J connectivity index is 3.06. The second kappa shape index (κ2) is 4.31. The third-order valence-corrected chi connectivity index (χ3v) is 3.14. The molecule has 102 valence electrons. The lowest BCUT2D eigenvalue weighted by Gasteiger charge is -2.38. The van der Waals surface area contributed by atoms with Gasteiger partial charge in [0.05, 0.1) is 0 Å². The average Bonchev–Trinajstić information content (AvgIpc) is 2.64. The molecule has 0 bridgehead atoms. The number of hydrogen-bond acceptors (Lipinski definition) is 2. The zero-order valence-electron chi connectivity index (χ0n) is 8.65. The van der Waals surface area contributed by atoms with Gasteiger partial charge in [0.2, 0.25) is 0 Å². The maximum absolute atomic E-state index is 12.4. The van der Waals surface area contributed by atoms with Crippen LogP contribution in [0.25, 0.3) is 0 Å². The van der Waals surface area contributed by atoms with Crippen LogP contribution in [0.4, 0.5) is 26.3 Å². The summed E-state index contributed by atoms with van der Waals surface area (Å²) in [6.45, 7) is 0. The minimum atomic E-state index is -5.95. The lowest BCUT2D eigenvalue weighted by atomic mass is 9.84. The summed E-state index contributed by atoms with van der Waals surface area (Å²) in [5.74, 6) is -1.18. The van der Waals surface area contributed by atoms with Crippen LogP contribution >= 0.6 is 0 Å². The molecule has 8 heteroatoms. The van der Waals surface area contributed by atoms with Gasteiger partial charge in [-0.2, -0.15) is 26.3 Å². The molecule has 0 spiro atoms. The van der Waals surface area contributed by atoms with E-state index in [0.29, 0.717) is 12.8 Å². The first kappa shape index (κ1) is 14.6. The largest absolute Gasteiger partial charge is 0.428 e. The van der Waals surface area contributed by atoms with Crippen molar-refractivity contribution in [2.24, 2.45) is 5.92 Å². The van der Waals surface area contributed by atoms with Gasteiger partial charge in [0.1, 0.15) is 6.10 Å². The predicted octanol–water partition coefficient (Wildman–Crippen LogP) is 2.39. The minimum absolute atomic E-state index is 0.0512. The van der Waals surface area contributed by atoms with E-state index in [4.69, 9.17) is 5.11 Å². The molecule has 0 aliphatic heterocycles. The number of hydrogen-bond donors (Lipinski definition) is 2. The second-order valence-corrected chi connectivity index (χ2v) is 4.25. The fraction of sp³-hybridized carbons (Fsp3) is 1.00. The fourth-order valence-corrected chi connectivity index (χ4v) is 2.11. The first-order valence-electron chi connectivity index (χ1n) is 5.05. The molecule has 0 saturated heterocycles. The van der Waals surface area contributed by atoms with Crippen molar-refractivity contribution in [2.45, 2.75) is 49.7 Å². The zero-order valence-corrected chi connectivity index (χ0v) is 8.65. The molecule has 2 nitrogen and oxygen atoms in total. The highest BCUT2D eigenvalue weighted by atomic mass is 19.4. The van der Waals surface area contributed by atoms with Crippen LogP contribution in [0.2, 0.25) is 0 Å². The number of halogens is 6. The summed E-state index contributed by atoms with van der Waals surface area (Å²) in [5, 5.41) is 18.2. The number of aliphatic hydroxyl groups excluding tert-OH is 1. The lowest BCUT2D eigenvalue weighted by molar-refractivity contribution is -0.395. The van der Waals surface area contributed by atoms with Crippen LogP contribution in [-0.2, 0) is 0 Å². The molecule has 1 unspecified atom stereocenters. The minimum Gasteiger partial charge on any atom is -0.389 e. The summed E-state index contributed by atoms with van der Waals surface area (Å²) in [6.07, 6.45) is -13.8.